The summed E-state index contributed by atoms with van der Waals surface area (Å²) in [5.41, 5.74) is 0.769. The first-order valence-corrected chi connectivity index (χ1v) is 5.02. The molecular formula is C13H12BiNO3. The Morgan fingerprint density at radius 3 is 2.17 bits per heavy atom. The van der Waals surface area contributed by atoms with E-state index in [-0.39, 0.29) is 37.7 Å². The Morgan fingerprint density at radius 2 is 1.56 bits per heavy atom. The molecule has 0 fully saturated rings. The van der Waals surface area contributed by atoms with E-state index in [1.165, 1.54) is 18.2 Å². The second-order valence-electron chi connectivity index (χ2n) is 3.50. The van der Waals surface area contributed by atoms with Crippen molar-refractivity contribution in [2.75, 3.05) is 0 Å². The molecule has 0 saturated heterocycles. The molecule has 0 aliphatic heterocycles. The van der Waals surface area contributed by atoms with Crippen LogP contribution < -0.4 is 0 Å². The van der Waals surface area contributed by atoms with Crippen molar-refractivity contribution in [1.29, 1.82) is 0 Å². The summed E-state index contributed by atoms with van der Waals surface area (Å²) < 4.78 is 0. The van der Waals surface area contributed by atoms with Gasteiger partial charge in [0, 0.05) is 23.3 Å². The third kappa shape index (κ3) is 3.20. The van der Waals surface area contributed by atoms with Gasteiger partial charge in [0.15, 0.2) is 5.78 Å². The third-order valence-electron chi connectivity index (χ3n) is 2.36. The molecule has 5 heteroatoms. The average molecular weight is 439 g/mol. The molecule has 18 heavy (non-hydrogen) atoms. The first kappa shape index (κ1) is 14.5. The molecule has 0 bridgehead atoms. The molecule has 0 atom stereocenters. The zero-order chi connectivity index (χ0) is 12.3. The molecule has 0 amide bonds. The van der Waals surface area contributed by atoms with Crippen molar-refractivity contribution in [1.82, 2.24) is 0 Å². The molecule has 0 aromatic heterocycles. The predicted octanol–water partition coefficient (Wildman–Crippen LogP) is 1.64. The van der Waals surface area contributed by atoms with E-state index in [1.807, 2.05) is 6.07 Å². The molecule has 0 aliphatic rings. The van der Waals surface area contributed by atoms with Crippen molar-refractivity contribution in [2.45, 2.75) is 0 Å². The molecule has 0 spiro atoms. The van der Waals surface area contributed by atoms with Crippen molar-refractivity contribution in [3.05, 3.63) is 75.8 Å². The predicted molar refractivity (Wildman–Crippen MR) is 72.9 cm³/mol. The molecule has 2 aromatic carbocycles. The van der Waals surface area contributed by atoms with E-state index >= 15 is 0 Å². The van der Waals surface area contributed by atoms with E-state index in [0.29, 0.717) is 11.1 Å². The SMILES string of the molecule is O=C(c1ccccc1)c1cccc([N+](=O)[O-])c1.[BiH3]. The maximum atomic E-state index is 12.0. The Balaban J connectivity index is 0.00000162. The normalized spacial score (nSPS) is 9.33. The summed E-state index contributed by atoms with van der Waals surface area (Å²) >= 11 is 0. The Hall–Kier alpha value is -1.61. The van der Waals surface area contributed by atoms with Gasteiger partial charge in [-0.25, -0.2) is 0 Å². The number of nitrogens with zero attached hydrogens (tertiary/aromatic N) is 1. The standard InChI is InChI=1S/C13H9NO3.Bi.3H/c15-13(10-5-2-1-3-6-10)11-7-4-8-12(9-11)14(16)17;;;;/h1-9H;;;;. The van der Waals surface area contributed by atoms with Gasteiger partial charge in [-0.1, -0.05) is 42.5 Å². The van der Waals surface area contributed by atoms with Gasteiger partial charge in [-0.3, -0.25) is 14.9 Å². The summed E-state index contributed by atoms with van der Waals surface area (Å²) in [5, 5.41) is 10.6. The fourth-order valence-corrected chi connectivity index (χ4v) is 1.52. The summed E-state index contributed by atoms with van der Waals surface area (Å²) in [6.07, 6.45) is 0. The second-order valence-corrected chi connectivity index (χ2v) is 3.50. The van der Waals surface area contributed by atoms with Crippen molar-refractivity contribution in [3.8, 4) is 0 Å². The van der Waals surface area contributed by atoms with Crippen LogP contribution in [0.2, 0.25) is 0 Å². The summed E-state index contributed by atoms with van der Waals surface area (Å²) in [4.78, 5) is 22.1. The molecule has 0 radical (unpaired) electrons. The summed E-state index contributed by atoms with van der Waals surface area (Å²) in [6, 6.07) is 14.4. The molecule has 0 saturated carbocycles. The van der Waals surface area contributed by atoms with Crippen LogP contribution in [0, 0.1) is 10.1 Å². The van der Waals surface area contributed by atoms with Gasteiger partial charge in [0.05, 0.1) is 4.92 Å². The van der Waals surface area contributed by atoms with Gasteiger partial charge in [-0.2, -0.15) is 0 Å². The van der Waals surface area contributed by atoms with Crippen LogP contribution >= 0.6 is 0 Å². The van der Waals surface area contributed by atoms with Crippen molar-refractivity contribution < 1.29 is 9.72 Å². The second kappa shape index (κ2) is 6.36. The molecule has 0 heterocycles. The van der Waals surface area contributed by atoms with Gasteiger partial charge in [0.2, 0.25) is 0 Å². The van der Waals surface area contributed by atoms with E-state index in [1.54, 1.807) is 30.3 Å². The molecular weight excluding hydrogens is 427 g/mol. The van der Waals surface area contributed by atoms with Gasteiger partial charge in [0.1, 0.15) is 0 Å². The van der Waals surface area contributed by atoms with E-state index in [0.717, 1.165) is 0 Å². The van der Waals surface area contributed by atoms with Gasteiger partial charge in [0.25, 0.3) is 5.69 Å². The first-order valence-electron chi connectivity index (χ1n) is 5.02. The number of ketones is 1. The molecule has 92 valence electrons. The third-order valence-corrected chi connectivity index (χ3v) is 2.36. The van der Waals surface area contributed by atoms with Gasteiger partial charge >= 0.3 is 26.2 Å². The zero-order valence-corrected chi connectivity index (χ0v) is 15.1. The van der Waals surface area contributed by atoms with Crippen LogP contribution in [0.3, 0.4) is 0 Å². The van der Waals surface area contributed by atoms with Gasteiger partial charge in [-0.15, -0.1) is 0 Å². The molecule has 2 aromatic rings. The number of nitro groups is 1. The summed E-state index contributed by atoms with van der Waals surface area (Å²) in [5.74, 6) is -0.214. The number of rotatable bonds is 3. The van der Waals surface area contributed by atoms with E-state index in [4.69, 9.17) is 0 Å². The number of carbonyl (C=O) groups is 1. The Labute approximate surface area is 123 Å². The van der Waals surface area contributed by atoms with Crippen LogP contribution in [0.25, 0.3) is 0 Å². The monoisotopic (exact) mass is 439 g/mol. The number of benzene rings is 2. The first-order chi connectivity index (χ1) is 8.18. The van der Waals surface area contributed by atoms with E-state index < -0.39 is 4.92 Å². The van der Waals surface area contributed by atoms with E-state index in [2.05, 4.69) is 0 Å². The van der Waals surface area contributed by atoms with Crippen LogP contribution in [-0.4, -0.2) is 36.9 Å². The van der Waals surface area contributed by atoms with Crippen molar-refractivity contribution in [3.63, 3.8) is 0 Å². The number of hydrogen-bond donors (Lipinski definition) is 0. The Bertz CT molecular complexity index is 569. The van der Waals surface area contributed by atoms with Gasteiger partial charge < -0.3 is 0 Å². The minimum absolute atomic E-state index is 0. The van der Waals surface area contributed by atoms with Gasteiger partial charge in [-0.05, 0) is 0 Å². The Kier molecular flexibility index (Phi) is 5.11. The fraction of sp³-hybridized carbons (Fsp3) is 0. The molecule has 4 nitrogen and oxygen atoms in total. The van der Waals surface area contributed by atoms with Crippen LogP contribution in [0.5, 0.6) is 0 Å². The number of carbonyl (C=O) groups excluding carboxylic acids is 1. The average Bonchev–Trinajstić information content (AvgIpc) is 2.39. The van der Waals surface area contributed by atoms with Crippen molar-refractivity contribution >= 4 is 37.7 Å². The fourth-order valence-electron chi connectivity index (χ4n) is 1.52. The summed E-state index contributed by atoms with van der Waals surface area (Å²) in [6.45, 7) is 0. The van der Waals surface area contributed by atoms with Crippen molar-refractivity contribution in [2.24, 2.45) is 0 Å². The van der Waals surface area contributed by atoms with Crippen LogP contribution in [0.1, 0.15) is 15.9 Å². The minimum atomic E-state index is -0.512. The summed E-state index contributed by atoms with van der Waals surface area (Å²) in [7, 11) is 0. The number of non-ortho nitro benzene ring substituents is 1. The molecule has 2 rings (SSSR count). The van der Waals surface area contributed by atoms with Crippen LogP contribution in [0.4, 0.5) is 5.69 Å². The van der Waals surface area contributed by atoms with Crippen LogP contribution in [0.15, 0.2) is 54.6 Å². The molecule has 0 N–H and O–H groups in total. The van der Waals surface area contributed by atoms with Crippen LogP contribution in [-0.2, 0) is 0 Å². The quantitative estimate of drug-likeness (QED) is 0.316. The molecule has 0 aliphatic carbocycles. The zero-order valence-electron chi connectivity index (χ0n) is 9.58. The number of hydrogen-bond acceptors (Lipinski definition) is 3. The maximum absolute atomic E-state index is 12.0. The van der Waals surface area contributed by atoms with E-state index in [9.17, 15) is 14.9 Å². The Morgan fingerprint density at radius 1 is 0.944 bits per heavy atom. The topological polar surface area (TPSA) is 60.2 Å². The molecule has 0 unspecified atom stereocenters. The number of nitro benzene ring substituents is 1.